The standard InChI is InChI=1S/C65H89N3O31/c1-81-53-41(33-86-76)91-61(48(71)46(53)69)97-56-44(36-89-79)94-65(59(51(56)74)84-31-28-67-25-13-22-39-17-8-4-9-18-39)99-57-45(37-90-80)95-64(60(52(57)75)85-32-29-68-26-14-23-40-19-10-5-11-20-40)98-54-42(34-87-77)92-62(49(72)47(54)70)96-55-43(35-88-78)93-63(82-2)58(50(55)73)83-30-27-66-24-12-21-38-15-6-3-7-16-38/h3-26,41-65,69-80H,27-37H2,1-2H3/b21-12+,22-13+,23-14+,66-24+,67-25+,68-26+. The fraction of sp³-hybridized carbons (Fsp3) is 0.585. The van der Waals surface area contributed by atoms with Gasteiger partial charge in [-0.05, 0) is 34.9 Å². The fourth-order valence-corrected chi connectivity index (χ4v) is 11.6. The van der Waals surface area contributed by atoms with Crippen molar-refractivity contribution in [2.24, 2.45) is 15.0 Å². The molecule has 0 amide bonds. The largest absolute Gasteiger partial charge is 0.387 e. The predicted molar refractivity (Wildman–Crippen MR) is 341 cm³/mol. The van der Waals surface area contributed by atoms with Gasteiger partial charge in [0.1, 0.15) is 155 Å². The van der Waals surface area contributed by atoms with Gasteiger partial charge >= 0.3 is 0 Å². The van der Waals surface area contributed by atoms with Crippen LogP contribution in [0.1, 0.15) is 16.7 Å². The fourth-order valence-electron chi connectivity index (χ4n) is 11.6. The molecule has 5 aliphatic heterocycles. The molecule has 0 bridgehead atoms. The van der Waals surface area contributed by atoms with Gasteiger partial charge in [0, 0.05) is 32.9 Å². The van der Waals surface area contributed by atoms with Crippen molar-refractivity contribution in [1.29, 1.82) is 0 Å². The number of methoxy groups -OCH3 is 2. The van der Waals surface area contributed by atoms with Crippen LogP contribution in [-0.4, -0.2) is 321 Å². The van der Waals surface area contributed by atoms with E-state index in [2.05, 4.69) is 39.4 Å². The number of rotatable bonds is 38. The van der Waals surface area contributed by atoms with Crippen LogP contribution in [0.25, 0.3) is 18.2 Å². The second-order valence-corrected chi connectivity index (χ2v) is 22.9. The van der Waals surface area contributed by atoms with Crippen LogP contribution in [0, 0.1) is 0 Å². The van der Waals surface area contributed by atoms with Crippen molar-refractivity contribution >= 4 is 36.9 Å². The molecule has 12 N–H and O–H groups in total. The van der Waals surface area contributed by atoms with E-state index in [9.17, 15) is 62.0 Å². The molecular weight excluding hydrogens is 1320 g/mol. The number of hydrogen-bond acceptors (Lipinski definition) is 34. The first-order chi connectivity index (χ1) is 48.3. The number of aliphatic hydroxyl groups is 7. The molecule has 34 nitrogen and oxygen atoms in total. The summed E-state index contributed by atoms with van der Waals surface area (Å²) in [5, 5.41) is 132. The Balaban J connectivity index is 1.03. The molecule has 5 aliphatic rings. The van der Waals surface area contributed by atoms with Gasteiger partial charge in [0.15, 0.2) is 31.5 Å². The number of allylic oxidation sites excluding steroid dienone is 3. The van der Waals surface area contributed by atoms with Crippen LogP contribution in [-0.2, 0) is 90.8 Å². The zero-order chi connectivity index (χ0) is 70.5. The minimum atomic E-state index is -2.10. The Kier molecular flexibility index (Phi) is 33.9. The summed E-state index contributed by atoms with van der Waals surface area (Å²) < 4.78 is 85.0. The van der Waals surface area contributed by atoms with Crippen molar-refractivity contribution in [2.45, 2.75) is 154 Å². The third-order valence-electron chi connectivity index (χ3n) is 16.4. The molecule has 0 radical (unpaired) electrons. The third kappa shape index (κ3) is 22.6. The average Bonchev–Trinajstić information content (AvgIpc) is 0.779. The van der Waals surface area contributed by atoms with Crippen LogP contribution in [0.2, 0.25) is 0 Å². The average molecular weight is 1410 g/mol. The Hall–Kier alpha value is -5.35. The maximum absolute atomic E-state index is 12.7. The van der Waals surface area contributed by atoms with Gasteiger partial charge in [-0.3, -0.25) is 41.3 Å². The van der Waals surface area contributed by atoms with Crippen LogP contribution in [0.15, 0.2) is 124 Å². The summed E-state index contributed by atoms with van der Waals surface area (Å²) in [4.78, 5) is 35.3. The number of hydrogen-bond donors (Lipinski definition) is 12. The Morgan fingerprint density at radius 1 is 0.323 bits per heavy atom. The lowest BCUT2D eigenvalue weighted by Crippen LogP contribution is -2.68. The van der Waals surface area contributed by atoms with Gasteiger partial charge in [0.25, 0.3) is 0 Å². The quantitative estimate of drug-likeness (QED) is 0.0159. The summed E-state index contributed by atoms with van der Waals surface area (Å²) in [5.41, 5.74) is 2.74. The first kappa shape index (κ1) is 79.4. The van der Waals surface area contributed by atoms with E-state index in [-0.39, 0.29) is 39.5 Å². The summed E-state index contributed by atoms with van der Waals surface area (Å²) in [6.07, 6.45) is -27.2. The topological polar surface area (TPSA) is 455 Å². The molecular formula is C65H89N3O31. The van der Waals surface area contributed by atoms with Gasteiger partial charge in [-0.1, -0.05) is 109 Å². The Morgan fingerprint density at radius 2 is 0.596 bits per heavy atom. The molecule has 5 heterocycles. The highest BCUT2D eigenvalue weighted by atomic mass is 17.1. The SMILES string of the molecule is COC1OC(COO)C(OC2OC(COO)C(OC3OC(COO)C(OC4OC(COO)C(OC5OC(COO)C(OC)C(O)C5O)C(O)C4OCC/N=C/C=C/c4ccccc4)C(O)C3OCC/N=C/C=C/c3ccccc3)C(O)C2O)C(O)C1OCC/N=C/C=C/c1ccccc1. The zero-order valence-corrected chi connectivity index (χ0v) is 54.0. The molecule has 5 saturated heterocycles. The number of ether oxygens (including phenoxy) is 14. The molecule has 550 valence electrons. The molecule has 0 saturated carbocycles. The zero-order valence-electron chi connectivity index (χ0n) is 54.0. The van der Waals surface area contributed by atoms with Crippen molar-refractivity contribution in [1.82, 2.24) is 0 Å². The van der Waals surface area contributed by atoms with Crippen LogP contribution in [0.4, 0.5) is 0 Å². The molecule has 8 rings (SSSR count). The normalized spacial score (nSPS) is 35.6. The summed E-state index contributed by atoms with van der Waals surface area (Å²) in [5.74, 6) is 0. The van der Waals surface area contributed by atoms with Crippen molar-refractivity contribution in [3.05, 3.63) is 126 Å². The lowest BCUT2D eigenvalue weighted by atomic mass is 9.95. The Morgan fingerprint density at radius 3 is 0.909 bits per heavy atom. The smallest absolute Gasteiger partial charge is 0.187 e. The van der Waals surface area contributed by atoms with Crippen molar-refractivity contribution in [3.63, 3.8) is 0 Å². The van der Waals surface area contributed by atoms with Gasteiger partial charge in [0.2, 0.25) is 0 Å². The first-order valence-corrected chi connectivity index (χ1v) is 31.8. The molecule has 25 unspecified atom stereocenters. The summed E-state index contributed by atoms with van der Waals surface area (Å²) in [7, 11) is 2.50. The summed E-state index contributed by atoms with van der Waals surface area (Å²) in [6.45, 7) is -4.24. The van der Waals surface area contributed by atoms with Crippen molar-refractivity contribution < 1.29 is 153 Å². The molecule has 0 aliphatic carbocycles. The summed E-state index contributed by atoms with van der Waals surface area (Å²) in [6, 6.07) is 28.2. The van der Waals surface area contributed by atoms with Crippen LogP contribution < -0.4 is 0 Å². The highest BCUT2D eigenvalue weighted by Gasteiger charge is 2.58. The first-order valence-electron chi connectivity index (χ1n) is 31.8. The second-order valence-electron chi connectivity index (χ2n) is 22.9. The maximum atomic E-state index is 12.7. The van der Waals surface area contributed by atoms with Gasteiger partial charge < -0.3 is 102 Å². The lowest BCUT2D eigenvalue weighted by Gasteiger charge is -2.50. The van der Waals surface area contributed by atoms with Crippen LogP contribution in [0.3, 0.4) is 0 Å². The molecule has 0 spiro atoms. The molecule has 3 aromatic carbocycles. The van der Waals surface area contributed by atoms with E-state index in [1.165, 1.54) is 26.6 Å². The molecule has 34 heteroatoms. The predicted octanol–water partition coefficient (Wildman–Crippen LogP) is 0.296. The minimum Gasteiger partial charge on any atom is -0.387 e. The number of nitrogens with zero attached hydrogens (tertiary/aromatic N) is 3. The van der Waals surface area contributed by atoms with E-state index in [1.54, 1.807) is 30.5 Å². The van der Waals surface area contributed by atoms with E-state index in [0.717, 1.165) is 16.7 Å². The lowest BCUT2D eigenvalue weighted by molar-refractivity contribution is -0.410. The number of benzene rings is 3. The monoisotopic (exact) mass is 1410 g/mol. The van der Waals surface area contributed by atoms with Crippen LogP contribution >= 0.6 is 0 Å². The summed E-state index contributed by atoms with van der Waals surface area (Å²) >= 11 is 0. The van der Waals surface area contributed by atoms with Gasteiger partial charge in [0.05, 0.1) is 39.5 Å². The van der Waals surface area contributed by atoms with E-state index >= 15 is 0 Å². The molecule has 3 aromatic rings. The molecule has 5 fully saturated rings. The number of aliphatic hydroxyl groups excluding tert-OH is 7. The van der Waals surface area contributed by atoms with Crippen molar-refractivity contribution in [3.8, 4) is 0 Å². The third-order valence-corrected chi connectivity index (χ3v) is 16.4. The van der Waals surface area contributed by atoms with E-state index < -0.39 is 187 Å². The number of aliphatic imine (C=N–C) groups is 3. The van der Waals surface area contributed by atoms with Gasteiger partial charge in [-0.2, -0.15) is 0 Å². The second kappa shape index (κ2) is 42.3. The minimum absolute atomic E-state index is 0.0380. The van der Waals surface area contributed by atoms with E-state index in [4.69, 9.17) is 66.3 Å². The van der Waals surface area contributed by atoms with Crippen molar-refractivity contribution in [2.75, 3.05) is 86.7 Å². The molecule has 99 heavy (non-hydrogen) atoms. The Bertz CT molecular complexity index is 2900. The van der Waals surface area contributed by atoms with E-state index in [0.29, 0.717) is 0 Å². The highest BCUT2D eigenvalue weighted by molar-refractivity contribution is 5.79. The molecule has 25 atom stereocenters. The van der Waals surface area contributed by atoms with E-state index in [1.807, 2.05) is 103 Å². The van der Waals surface area contributed by atoms with Gasteiger partial charge in [-0.25, -0.2) is 24.4 Å². The highest BCUT2D eigenvalue weighted by Crippen LogP contribution is 2.38. The van der Waals surface area contributed by atoms with Crippen LogP contribution in [0.5, 0.6) is 0 Å². The maximum Gasteiger partial charge on any atom is 0.187 e. The Labute approximate surface area is 569 Å². The molecule has 0 aromatic heterocycles. The van der Waals surface area contributed by atoms with Gasteiger partial charge in [-0.15, -0.1) is 0 Å².